The molecular weight excluding hydrogens is 368 g/mol. The van der Waals surface area contributed by atoms with E-state index in [4.69, 9.17) is 9.47 Å². The molecule has 0 fully saturated rings. The highest BCUT2D eigenvalue weighted by molar-refractivity contribution is 5.85. The SMILES string of the molecule is CC(Oc1ccc2ccccc2c1)C(=O)NNC(=O)CCCOc1ccccc1. The van der Waals surface area contributed by atoms with E-state index in [9.17, 15) is 9.59 Å². The van der Waals surface area contributed by atoms with E-state index in [0.717, 1.165) is 16.5 Å². The molecule has 0 heterocycles. The number of para-hydroxylation sites is 1. The number of fused-ring (bicyclic) bond motifs is 1. The number of benzene rings is 3. The Hall–Kier alpha value is -3.54. The van der Waals surface area contributed by atoms with Gasteiger partial charge in [0.15, 0.2) is 6.10 Å². The average molecular weight is 392 g/mol. The summed E-state index contributed by atoms with van der Waals surface area (Å²) in [5.74, 6) is 0.650. The molecule has 0 saturated carbocycles. The highest BCUT2D eigenvalue weighted by Crippen LogP contribution is 2.21. The molecule has 0 radical (unpaired) electrons. The van der Waals surface area contributed by atoms with Gasteiger partial charge in [0, 0.05) is 6.42 Å². The number of ether oxygens (including phenoxy) is 2. The number of hydrogen-bond donors (Lipinski definition) is 2. The van der Waals surface area contributed by atoms with Gasteiger partial charge in [-0.3, -0.25) is 20.4 Å². The third-order valence-corrected chi connectivity index (χ3v) is 4.29. The molecular formula is C23H24N2O4. The number of carbonyl (C=O) groups excluding carboxylic acids is 2. The molecule has 29 heavy (non-hydrogen) atoms. The van der Waals surface area contributed by atoms with Gasteiger partial charge in [0.25, 0.3) is 5.91 Å². The van der Waals surface area contributed by atoms with E-state index < -0.39 is 12.0 Å². The van der Waals surface area contributed by atoms with E-state index >= 15 is 0 Å². The van der Waals surface area contributed by atoms with Crippen molar-refractivity contribution in [3.63, 3.8) is 0 Å². The third-order valence-electron chi connectivity index (χ3n) is 4.29. The predicted octanol–water partition coefficient (Wildman–Crippen LogP) is 3.61. The Labute approximate surface area is 169 Å². The van der Waals surface area contributed by atoms with Gasteiger partial charge in [-0.05, 0) is 48.4 Å². The highest BCUT2D eigenvalue weighted by Gasteiger charge is 2.15. The quantitative estimate of drug-likeness (QED) is 0.454. The second-order valence-electron chi connectivity index (χ2n) is 6.57. The lowest BCUT2D eigenvalue weighted by atomic mass is 10.1. The van der Waals surface area contributed by atoms with Crippen LogP contribution in [0.1, 0.15) is 19.8 Å². The van der Waals surface area contributed by atoms with Crippen molar-refractivity contribution in [3.8, 4) is 11.5 Å². The van der Waals surface area contributed by atoms with Crippen molar-refractivity contribution in [1.29, 1.82) is 0 Å². The van der Waals surface area contributed by atoms with Gasteiger partial charge in [0.2, 0.25) is 5.91 Å². The lowest BCUT2D eigenvalue weighted by Crippen LogP contribution is -2.47. The van der Waals surface area contributed by atoms with Gasteiger partial charge in [-0.1, -0.05) is 48.5 Å². The minimum atomic E-state index is -0.752. The monoisotopic (exact) mass is 392 g/mol. The molecule has 6 heteroatoms. The predicted molar refractivity (Wildman–Crippen MR) is 111 cm³/mol. The summed E-state index contributed by atoms with van der Waals surface area (Å²) in [5, 5.41) is 2.13. The van der Waals surface area contributed by atoms with Crippen LogP contribution in [0.2, 0.25) is 0 Å². The molecule has 0 aliphatic carbocycles. The first-order valence-electron chi connectivity index (χ1n) is 9.54. The number of nitrogens with one attached hydrogen (secondary N) is 2. The molecule has 0 spiro atoms. The normalized spacial score (nSPS) is 11.5. The maximum atomic E-state index is 12.2. The molecule has 0 saturated heterocycles. The second kappa shape index (κ2) is 10.1. The molecule has 2 N–H and O–H groups in total. The summed E-state index contributed by atoms with van der Waals surface area (Å²) in [6, 6.07) is 22.9. The van der Waals surface area contributed by atoms with E-state index in [-0.39, 0.29) is 12.3 Å². The van der Waals surface area contributed by atoms with Gasteiger partial charge in [-0.2, -0.15) is 0 Å². The van der Waals surface area contributed by atoms with Gasteiger partial charge in [0.05, 0.1) is 6.61 Å². The minimum Gasteiger partial charge on any atom is -0.494 e. The molecule has 150 valence electrons. The Morgan fingerprint density at radius 1 is 0.862 bits per heavy atom. The summed E-state index contributed by atoms with van der Waals surface area (Å²) in [4.78, 5) is 24.0. The Bertz CT molecular complexity index is 959. The maximum Gasteiger partial charge on any atom is 0.279 e. The summed E-state index contributed by atoms with van der Waals surface area (Å²) in [5.41, 5.74) is 4.80. The Balaban J connectivity index is 1.37. The highest BCUT2D eigenvalue weighted by atomic mass is 16.5. The van der Waals surface area contributed by atoms with Gasteiger partial charge < -0.3 is 9.47 Å². The maximum absolute atomic E-state index is 12.2. The zero-order valence-corrected chi connectivity index (χ0v) is 16.3. The molecule has 2 amide bonds. The second-order valence-corrected chi connectivity index (χ2v) is 6.57. The van der Waals surface area contributed by atoms with Crippen LogP contribution >= 0.6 is 0 Å². The zero-order chi connectivity index (χ0) is 20.5. The molecule has 3 rings (SSSR count). The first kappa shape index (κ1) is 20.2. The molecule has 6 nitrogen and oxygen atoms in total. The lowest BCUT2D eigenvalue weighted by Gasteiger charge is -2.15. The van der Waals surface area contributed by atoms with Crippen LogP contribution in [0.3, 0.4) is 0 Å². The number of hydrogen-bond acceptors (Lipinski definition) is 4. The molecule has 1 unspecified atom stereocenters. The van der Waals surface area contributed by atoms with E-state index in [1.54, 1.807) is 6.92 Å². The third kappa shape index (κ3) is 6.24. The van der Waals surface area contributed by atoms with Crippen LogP contribution in [0.4, 0.5) is 0 Å². The summed E-state index contributed by atoms with van der Waals surface area (Å²) >= 11 is 0. The van der Waals surface area contributed by atoms with Crippen LogP contribution < -0.4 is 20.3 Å². The van der Waals surface area contributed by atoms with Crippen LogP contribution in [0.25, 0.3) is 10.8 Å². The van der Waals surface area contributed by atoms with Gasteiger partial charge in [-0.25, -0.2) is 0 Å². The van der Waals surface area contributed by atoms with Crippen molar-refractivity contribution < 1.29 is 19.1 Å². The van der Waals surface area contributed by atoms with Crippen molar-refractivity contribution in [2.24, 2.45) is 0 Å². The van der Waals surface area contributed by atoms with Crippen LogP contribution in [0, 0.1) is 0 Å². The Morgan fingerprint density at radius 2 is 1.59 bits per heavy atom. The summed E-state index contributed by atoms with van der Waals surface area (Å²) in [6.07, 6.45) is 0.0325. The summed E-state index contributed by atoms with van der Waals surface area (Å²) < 4.78 is 11.2. The summed E-state index contributed by atoms with van der Waals surface area (Å²) in [6.45, 7) is 2.05. The van der Waals surface area contributed by atoms with Crippen molar-refractivity contribution in [2.75, 3.05) is 6.61 Å². The topological polar surface area (TPSA) is 76.7 Å². The molecule has 3 aromatic carbocycles. The number of amides is 2. The van der Waals surface area contributed by atoms with Crippen LogP contribution in [-0.2, 0) is 9.59 Å². The van der Waals surface area contributed by atoms with E-state index in [0.29, 0.717) is 18.8 Å². The van der Waals surface area contributed by atoms with Crippen molar-refractivity contribution in [1.82, 2.24) is 10.9 Å². The average Bonchev–Trinajstić information content (AvgIpc) is 2.75. The van der Waals surface area contributed by atoms with E-state index in [2.05, 4.69) is 10.9 Å². The number of carbonyl (C=O) groups is 2. The lowest BCUT2D eigenvalue weighted by molar-refractivity contribution is -0.132. The first-order chi connectivity index (χ1) is 14.1. The summed E-state index contributed by atoms with van der Waals surface area (Å²) in [7, 11) is 0. The van der Waals surface area contributed by atoms with Crippen molar-refractivity contribution in [2.45, 2.75) is 25.9 Å². The molecule has 0 bridgehead atoms. The fourth-order valence-corrected chi connectivity index (χ4v) is 2.73. The molecule has 1 atom stereocenters. The van der Waals surface area contributed by atoms with Crippen LogP contribution in [-0.4, -0.2) is 24.5 Å². The van der Waals surface area contributed by atoms with Gasteiger partial charge in [-0.15, -0.1) is 0 Å². The number of hydrazine groups is 1. The fraction of sp³-hybridized carbons (Fsp3) is 0.217. The first-order valence-corrected chi connectivity index (χ1v) is 9.54. The Morgan fingerprint density at radius 3 is 2.38 bits per heavy atom. The molecule has 0 aliphatic heterocycles. The standard InChI is InChI=1S/C23H24N2O4/c1-17(29-21-14-13-18-8-5-6-9-19(18)16-21)23(27)25-24-22(26)12-7-15-28-20-10-3-2-4-11-20/h2-6,8-11,13-14,16-17H,7,12,15H2,1H3,(H,24,26)(H,25,27). The van der Waals surface area contributed by atoms with E-state index in [1.165, 1.54) is 0 Å². The van der Waals surface area contributed by atoms with Crippen LogP contribution in [0.15, 0.2) is 72.8 Å². The molecule has 0 aromatic heterocycles. The van der Waals surface area contributed by atoms with Crippen LogP contribution in [0.5, 0.6) is 11.5 Å². The van der Waals surface area contributed by atoms with Gasteiger partial charge >= 0.3 is 0 Å². The smallest absolute Gasteiger partial charge is 0.279 e. The van der Waals surface area contributed by atoms with Crippen molar-refractivity contribution in [3.05, 3.63) is 72.8 Å². The fourth-order valence-electron chi connectivity index (χ4n) is 2.73. The number of rotatable bonds is 8. The largest absolute Gasteiger partial charge is 0.494 e. The Kier molecular flexibility index (Phi) is 7.05. The zero-order valence-electron chi connectivity index (χ0n) is 16.3. The van der Waals surface area contributed by atoms with Crippen molar-refractivity contribution >= 4 is 22.6 Å². The van der Waals surface area contributed by atoms with Gasteiger partial charge in [0.1, 0.15) is 11.5 Å². The molecule has 3 aromatic rings. The minimum absolute atomic E-state index is 0.243. The van der Waals surface area contributed by atoms with E-state index in [1.807, 2.05) is 72.8 Å². The molecule has 0 aliphatic rings.